The molecule has 0 spiro atoms. The summed E-state index contributed by atoms with van der Waals surface area (Å²) in [6.45, 7) is -0.0777. The van der Waals surface area contributed by atoms with Gasteiger partial charge in [-0.25, -0.2) is 9.97 Å². The third-order valence-electron chi connectivity index (χ3n) is 4.87. The molecule has 0 N–H and O–H groups in total. The van der Waals surface area contributed by atoms with Crippen molar-refractivity contribution < 1.29 is 40.6 Å². The van der Waals surface area contributed by atoms with E-state index in [0.717, 1.165) is 24.4 Å². The number of benzene rings is 2. The van der Waals surface area contributed by atoms with Gasteiger partial charge in [-0.15, -0.1) is 13.2 Å². The van der Waals surface area contributed by atoms with Gasteiger partial charge in [-0.05, 0) is 41.5 Å². The number of nitrogens with zero attached hydrogens (tertiary/aromatic N) is 3. The highest BCUT2D eigenvalue weighted by molar-refractivity contribution is 5.98. The van der Waals surface area contributed by atoms with Crippen molar-refractivity contribution in [2.45, 2.75) is 19.1 Å². The lowest BCUT2D eigenvalue weighted by Crippen LogP contribution is -2.32. The number of fused-ring (bicyclic) bond motifs is 1. The van der Waals surface area contributed by atoms with E-state index in [4.69, 9.17) is 4.74 Å². The van der Waals surface area contributed by atoms with Crippen LogP contribution in [0.4, 0.5) is 26.3 Å². The van der Waals surface area contributed by atoms with Crippen LogP contribution in [0.2, 0.25) is 0 Å². The lowest BCUT2D eigenvalue weighted by atomic mass is 10.0. The Morgan fingerprint density at radius 2 is 1.68 bits per heavy atom. The monoisotopic (exact) mass is 483 g/mol. The van der Waals surface area contributed by atoms with Crippen LogP contribution in [-0.2, 0) is 12.7 Å². The van der Waals surface area contributed by atoms with Crippen LogP contribution in [0.1, 0.15) is 21.9 Å². The second-order valence-corrected chi connectivity index (χ2v) is 7.21. The predicted octanol–water partition coefficient (Wildman–Crippen LogP) is 5.10. The van der Waals surface area contributed by atoms with Gasteiger partial charge in [-0.3, -0.25) is 4.79 Å². The number of aromatic nitrogens is 2. The molecule has 0 saturated carbocycles. The van der Waals surface area contributed by atoms with Crippen LogP contribution < -0.4 is 9.47 Å². The zero-order chi connectivity index (χ0) is 24.5. The molecule has 0 fully saturated rings. The molecule has 12 heteroatoms. The Morgan fingerprint density at radius 3 is 2.35 bits per heavy atom. The lowest BCUT2D eigenvalue weighted by Gasteiger charge is -2.19. The minimum atomic E-state index is -4.82. The number of carbonyl (C=O) groups excluding carboxylic acids is 1. The van der Waals surface area contributed by atoms with Crippen LogP contribution in [-0.4, -0.2) is 40.3 Å². The fraction of sp³-hybridized carbons (Fsp3) is 0.227. The smallest absolute Gasteiger partial charge is 0.491 e. The molecule has 3 aromatic rings. The summed E-state index contributed by atoms with van der Waals surface area (Å²) in [6, 6.07) is 10.5. The van der Waals surface area contributed by atoms with Crippen LogP contribution in [0, 0.1) is 0 Å². The second-order valence-electron chi connectivity index (χ2n) is 7.21. The van der Waals surface area contributed by atoms with Crippen molar-refractivity contribution in [3.8, 4) is 22.6 Å². The first kappa shape index (κ1) is 23.3. The molecule has 178 valence electrons. The molecule has 1 amide bonds. The van der Waals surface area contributed by atoms with Crippen molar-refractivity contribution in [2.24, 2.45) is 0 Å². The molecule has 0 aliphatic carbocycles. The molecule has 34 heavy (non-hydrogen) atoms. The van der Waals surface area contributed by atoms with E-state index < -0.39 is 29.9 Å². The largest absolute Gasteiger partial charge is 0.573 e. The van der Waals surface area contributed by atoms with Crippen LogP contribution in [0.15, 0.2) is 54.7 Å². The highest BCUT2D eigenvalue weighted by Gasteiger charge is 2.33. The highest BCUT2D eigenvalue weighted by Crippen LogP contribution is 2.32. The van der Waals surface area contributed by atoms with Gasteiger partial charge in [-0.2, -0.15) is 13.2 Å². The number of rotatable bonds is 4. The van der Waals surface area contributed by atoms with E-state index in [-0.39, 0.29) is 36.8 Å². The fourth-order valence-electron chi connectivity index (χ4n) is 3.34. The van der Waals surface area contributed by atoms with E-state index in [2.05, 4.69) is 14.7 Å². The highest BCUT2D eigenvalue weighted by atomic mass is 19.4. The summed E-state index contributed by atoms with van der Waals surface area (Å²) in [6.07, 6.45) is -8.49. The number of amides is 1. The summed E-state index contributed by atoms with van der Waals surface area (Å²) in [5.41, 5.74) is 0.0720. The van der Waals surface area contributed by atoms with Gasteiger partial charge in [0.25, 0.3) is 5.91 Å². The van der Waals surface area contributed by atoms with Crippen LogP contribution in [0.25, 0.3) is 11.1 Å². The van der Waals surface area contributed by atoms with Gasteiger partial charge in [0.2, 0.25) is 0 Å². The van der Waals surface area contributed by atoms with Crippen LogP contribution >= 0.6 is 0 Å². The maximum absolute atomic E-state index is 13.1. The number of halogens is 6. The molecule has 0 atom stereocenters. The van der Waals surface area contributed by atoms with Gasteiger partial charge in [0.15, 0.2) is 0 Å². The topological polar surface area (TPSA) is 64.6 Å². The first-order chi connectivity index (χ1) is 16.0. The summed E-state index contributed by atoms with van der Waals surface area (Å²) in [5.74, 6) is -0.800. The number of alkyl halides is 6. The maximum atomic E-state index is 13.1. The van der Waals surface area contributed by atoms with Crippen LogP contribution in [0.5, 0.6) is 11.5 Å². The van der Waals surface area contributed by atoms with Crippen LogP contribution in [0.3, 0.4) is 0 Å². The molecule has 1 aliphatic rings. The van der Waals surface area contributed by atoms with Crippen molar-refractivity contribution in [3.63, 3.8) is 0 Å². The van der Waals surface area contributed by atoms with Crippen molar-refractivity contribution in [3.05, 3.63) is 71.8 Å². The quantitative estimate of drug-likeness (QED) is 0.484. The number of ether oxygens (including phenoxy) is 2. The average Bonchev–Trinajstić information content (AvgIpc) is 2.91. The molecule has 4 rings (SSSR count). The number of hydrogen-bond donors (Lipinski definition) is 0. The van der Waals surface area contributed by atoms with Gasteiger partial charge in [-0.1, -0.05) is 18.2 Å². The molecule has 0 radical (unpaired) electrons. The average molecular weight is 483 g/mol. The van der Waals surface area contributed by atoms with Crippen molar-refractivity contribution in [1.29, 1.82) is 0 Å². The molecule has 0 unspecified atom stereocenters. The van der Waals surface area contributed by atoms with E-state index in [1.165, 1.54) is 23.1 Å². The minimum absolute atomic E-state index is 0.0892. The maximum Gasteiger partial charge on any atom is 0.573 e. The Bertz CT molecular complexity index is 1200. The molecule has 2 aromatic carbocycles. The van der Waals surface area contributed by atoms with E-state index in [0.29, 0.717) is 11.1 Å². The summed E-state index contributed by atoms with van der Waals surface area (Å²) >= 11 is 0. The minimum Gasteiger partial charge on any atom is -0.491 e. The van der Waals surface area contributed by atoms with Gasteiger partial charge < -0.3 is 14.4 Å². The van der Waals surface area contributed by atoms with Gasteiger partial charge in [0.05, 0.1) is 18.7 Å². The van der Waals surface area contributed by atoms with Gasteiger partial charge >= 0.3 is 12.5 Å². The first-order valence-electron chi connectivity index (χ1n) is 9.81. The second kappa shape index (κ2) is 8.84. The standard InChI is InChI=1S/C22H15F6N3O3/c23-21(24,25)18-7-8-29-19(30-18)12-31-9-10-33-17-6-3-14(11-16(17)20(31)32)13-1-4-15(5-2-13)34-22(26,27)28/h1-8,11H,9-10,12H2. The molecule has 0 saturated heterocycles. The molecule has 0 bridgehead atoms. The zero-order valence-corrected chi connectivity index (χ0v) is 17.2. The summed E-state index contributed by atoms with van der Waals surface area (Å²) in [5, 5.41) is 0. The Morgan fingerprint density at radius 1 is 0.971 bits per heavy atom. The fourth-order valence-corrected chi connectivity index (χ4v) is 3.34. The lowest BCUT2D eigenvalue weighted by molar-refractivity contribution is -0.274. The first-order valence-corrected chi connectivity index (χ1v) is 9.81. The molecular formula is C22H15F6N3O3. The van der Waals surface area contributed by atoms with E-state index in [1.807, 2.05) is 0 Å². The van der Waals surface area contributed by atoms with Gasteiger partial charge in [0.1, 0.15) is 29.6 Å². The van der Waals surface area contributed by atoms with Crippen molar-refractivity contribution >= 4 is 5.91 Å². The summed E-state index contributed by atoms with van der Waals surface area (Å²) in [7, 11) is 0. The molecule has 1 aromatic heterocycles. The summed E-state index contributed by atoms with van der Waals surface area (Å²) in [4.78, 5) is 21.7. The molecule has 6 nitrogen and oxygen atoms in total. The number of carbonyl (C=O) groups is 1. The molecular weight excluding hydrogens is 468 g/mol. The normalized spacial score (nSPS) is 14.3. The number of hydrogen-bond acceptors (Lipinski definition) is 5. The third-order valence-corrected chi connectivity index (χ3v) is 4.87. The Labute approximate surface area is 188 Å². The molecule has 2 heterocycles. The van der Waals surface area contributed by atoms with E-state index >= 15 is 0 Å². The van der Waals surface area contributed by atoms with Crippen molar-refractivity contribution in [1.82, 2.24) is 14.9 Å². The van der Waals surface area contributed by atoms with E-state index in [9.17, 15) is 31.1 Å². The Balaban J connectivity index is 1.58. The Hall–Kier alpha value is -3.83. The predicted molar refractivity (Wildman–Crippen MR) is 106 cm³/mol. The third kappa shape index (κ3) is 5.38. The zero-order valence-electron chi connectivity index (χ0n) is 17.2. The molecule has 1 aliphatic heterocycles. The van der Waals surface area contributed by atoms with Crippen molar-refractivity contribution in [2.75, 3.05) is 13.2 Å². The Kier molecular flexibility index (Phi) is 6.07. The van der Waals surface area contributed by atoms with E-state index in [1.54, 1.807) is 12.1 Å². The van der Waals surface area contributed by atoms with Gasteiger partial charge in [0, 0.05) is 6.20 Å². The SMILES string of the molecule is O=C1c2cc(-c3ccc(OC(F)(F)F)cc3)ccc2OCCN1Cc1nccc(C(F)(F)F)n1. The summed E-state index contributed by atoms with van der Waals surface area (Å²) < 4.78 is 85.4.